The van der Waals surface area contributed by atoms with Gasteiger partial charge in [-0.3, -0.25) is 9.79 Å². The van der Waals surface area contributed by atoms with Gasteiger partial charge in [-0.2, -0.15) is 0 Å². The van der Waals surface area contributed by atoms with E-state index < -0.39 is 5.97 Å². The summed E-state index contributed by atoms with van der Waals surface area (Å²) < 4.78 is 16.2. The Morgan fingerprint density at radius 3 is 2.36 bits per heavy atom. The van der Waals surface area contributed by atoms with Gasteiger partial charge >= 0.3 is 5.97 Å². The first-order valence-electron chi connectivity index (χ1n) is 8.16. The van der Waals surface area contributed by atoms with Crippen LogP contribution in [0.1, 0.15) is 21.7 Å². The van der Waals surface area contributed by atoms with Crippen molar-refractivity contribution in [2.75, 3.05) is 14.2 Å². The molecule has 0 bridgehead atoms. The number of aryl methyl sites for hydroxylation is 1. The Hall–Kier alpha value is -3.81. The first-order valence-corrected chi connectivity index (χ1v) is 8.16. The Morgan fingerprint density at radius 1 is 1.14 bits per heavy atom. The maximum atomic E-state index is 12.5. The molecule has 28 heavy (non-hydrogen) atoms. The minimum Gasteiger partial charge on any atom is -0.504 e. The summed E-state index contributed by atoms with van der Waals surface area (Å²) in [5, 5.41) is 19.7. The van der Waals surface area contributed by atoms with Gasteiger partial charge in [0, 0.05) is 12.3 Å². The molecule has 2 aromatic carbocycles. The molecule has 8 heteroatoms. The molecule has 144 valence electrons. The smallest absolute Gasteiger partial charge is 0.335 e. The van der Waals surface area contributed by atoms with E-state index in [2.05, 4.69) is 4.99 Å². The number of fused-ring (bicyclic) bond motifs is 1. The van der Waals surface area contributed by atoms with E-state index in [0.29, 0.717) is 11.4 Å². The molecule has 3 rings (SSSR count). The number of aromatic carboxylic acids is 1. The van der Waals surface area contributed by atoms with Crippen molar-refractivity contribution in [2.24, 2.45) is 4.99 Å². The van der Waals surface area contributed by atoms with Crippen LogP contribution in [-0.2, 0) is 0 Å². The number of phenols is 1. The Morgan fingerprint density at radius 2 is 1.79 bits per heavy atom. The third-order valence-corrected chi connectivity index (χ3v) is 4.08. The zero-order chi connectivity index (χ0) is 20.4. The number of benzene rings is 2. The van der Waals surface area contributed by atoms with Gasteiger partial charge in [0.2, 0.25) is 5.75 Å². The van der Waals surface area contributed by atoms with Crippen LogP contribution >= 0.6 is 0 Å². The van der Waals surface area contributed by atoms with Crippen LogP contribution < -0.4 is 14.9 Å². The molecule has 0 spiro atoms. The number of rotatable bonds is 5. The SMILES string of the molecule is COc1c(O)c(C=Nc2ccc(C(=O)O)cc2)c(OC)c2c(=O)cc(C)oc12. The van der Waals surface area contributed by atoms with Crippen LogP contribution in [0.2, 0.25) is 0 Å². The highest BCUT2D eigenvalue weighted by molar-refractivity contribution is 6.02. The molecule has 0 unspecified atom stereocenters. The Bertz CT molecular complexity index is 1140. The highest BCUT2D eigenvalue weighted by Crippen LogP contribution is 2.43. The van der Waals surface area contributed by atoms with Gasteiger partial charge in [0.15, 0.2) is 16.8 Å². The highest BCUT2D eigenvalue weighted by Gasteiger charge is 2.24. The standard InChI is InChI=1S/C20H17NO7/c1-10-8-14(22)15-17(26-2)13(16(23)19(27-3)18(15)28-10)9-21-12-6-4-11(5-7-12)20(24)25/h4-9,23H,1-3H3,(H,24,25). The molecule has 3 aromatic rings. The molecule has 0 aliphatic carbocycles. The second-order valence-electron chi connectivity index (χ2n) is 5.86. The first-order chi connectivity index (χ1) is 13.4. The quantitative estimate of drug-likeness (QED) is 0.649. The second kappa shape index (κ2) is 7.43. The van der Waals surface area contributed by atoms with E-state index in [1.165, 1.54) is 50.8 Å². The van der Waals surface area contributed by atoms with Crippen molar-refractivity contribution in [3.05, 3.63) is 57.4 Å². The van der Waals surface area contributed by atoms with Crippen LogP contribution in [0.3, 0.4) is 0 Å². The molecule has 2 N–H and O–H groups in total. The lowest BCUT2D eigenvalue weighted by Gasteiger charge is -2.14. The van der Waals surface area contributed by atoms with E-state index in [4.69, 9.17) is 19.0 Å². The van der Waals surface area contributed by atoms with Crippen molar-refractivity contribution < 1.29 is 28.9 Å². The lowest BCUT2D eigenvalue weighted by Crippen LogP contribution is -2.06. The minimum atomic E-state index is -1.05. The van der Waals surface area contributed by atoms with Gasteiger partial charge in [-0.05, 0) is 31.2 Å². The molecule has 8 nitrogen and oxygen atoms in total. The molecule has 0 saturated heterocycles. The summed E-state index contributed by atoms with van der Waals surface area (Å²) in [6, 6.07) is 7.15. The molecule has 0 fully saturated rings. The van der Waals surface area contributed by atoms with Crippen LogP contribution in [0.4, 0.5) is 5.69 Å². The lowest BCUT2D eigenvalue weighted by atomic mass is 10.1. The zero-order valence-corrected chi connectivity index (χ0v) is 15.3. The van der Waals surface area contributed by atoms with E-state index in [1.807, 2.05) is 0 Å². The number of carbonyl (C=O) groups is 1. The maximum Gasteiger partial charge on any atom is 0.335 e. The van der Waals surface area contributed by atoms with Crippen molar-refractivity contribution in [1.29, 1.82) is 0 Å². The molecule has 0 radical (unpaired) electrons. The molecule has 1 aromatic heterocycles. The van der Waals surface area contributed by atoms with E-state index in [1.54, 1.807) is 6.92 Å². The predicted octanol–water partition coefficient (Wildman–Crippen LogP) is 3.27. The summed E-state index contributed by atoms with van der Waals surface area (Å²) in [4.78, 5) is 27.7. The molecule has 1 heterocycles. The number of carboxylic acid groups (broad SMARTS) is 1. The van der Waals surface area contributed by atoms with Crippen LogP contribution in [0.25, 0.3) is 11.0 Å². The number of hydrogen-bond donors (Lipinski definition) is 2. The monoisotopic (exact) mass is 383 g/mol. The van der Waals surface area contributed by atoms with Gasteiger partial charge in [0.05, 0.1) is 31.0 Å². The topological polar surface area (TPSA) is 119 Å². The number of nitrogens with zero attached hydrogens (tertiary/aromatic N) is 1. The summed E-state index contributed by atoms with van der Waals surface area (Å²) in [6.07, 6.45) is 1.31. The number of phenolic OH excluding ortho intramolecular Hbond substituents is 1. The zero-order valence-electron chi connectivity index (χ0n) is 15.3. The fraction of sp³-hybridized carbons (Fsp3) is 0.150. The Balaban J connectivity index is 2.21. The molecule has 0 aliphatic heterocycles. The molecule has 0 atom stereocenters. The third-order valence-electron chi connectivity index (χ3n) is 4.08. The van der Waals surface area contributed by atoms with E-state index in [-0.39, 0.29) is 44.8 Å². The van der Waals surface area contributed by atoms with Gasteiger partial charge in [-0.1, -0.05) is 0 Å². The van der Waals surface area contributed by atoms with Crippen LogP contribution in [-0.4, -0.2) is 36.6 Å². The fourth-order valence-corrected chi connectivity index (χ4v) is 2.81. The average molecular weight is 383 g/mol. The maximum absolute atomic E-state index is 12.5. The molecule has 0 saturated carbocycles. The molecular formula is C20H17NO7. The number of methoxy groups -OCH3 is 2. The number of hydrogen-bond acceptors (Lipinski definition) is 7. The largest absolute Gasteiger partial charge is 0.504 e. The molecular weight excluding hydrogens is 366 g/mol. The molecule has 0 amide bonds. The van der Waals surface area contributed by atoms with Crippen LogP contribution in [0, 0.1) is 6.92 Å². The van der Waals surface area contributed by atoms with Crippen molar-refractivity contribution in [1.82, 2.24) is 0 Å². The Kier molecular flexibility index (Phi) is 5.04. The predicted molar refractivity (Wildman–Crippen MR) is 103 cm³/mol. The Labute approximate surface area is 159 Å². The second-order valence-corrected chi connectivity index (χ2v) is 5.86. The lowest BCUT2D eigenvalue weighted by molar-refractivity contribution is 0.0697. The number of aromatic hydroxyl groups is 1. The normalized spacial score (nSPS) is 11.1. The van der Waals surface area contributed by atoms with E-state index >= 15 is 0 Å². The van der Waals surface area contributed by atoms with Gasteiger partial charge in [-0.15, -0.1) is 0 Å². The summed E-state index contributed by atoms with van der Waals surface area (Å²) in [6.45, 7) is 1.61. The summed E-state index contributed by atoms with van der Waals surface area (Å²) in [5.74, 6) is -0.910. The fourth-order valence-electron chi connectivity index (χ4n) is 2.81. The third kappa shape index (κ3) is 3.27. The van der Waals surface area contributed by atoms with Crippen LogP contribution in [0.5, 0.6) is 17.2 Å². The van der Waals surface area contributed by atoms with Gasteiger partial charge in [0.1, 0.15) is 16.9 Å². The number of aliphatic imine (C=N–C) groups is 1. The van der Waals surface area contributed by atoms with Crippen LogP contribution in [0.15, 0.2) is 44.5 Å². The van der Waals surface area contributed by atoms with Gasteiger partial charge in [-0.25, -0.2) is 4.79 Å². The van der Waals surface area contributed by atoms with E-state index in [0.717, 1.165) is 0 Å². The van der Waals surface area contributed by atoms with Crippen molar-refractivity contribution in [2.45, 2.75) is 6.92 Å². The van der Waals surface area contributed by atoms with Gasteiger partial charge < -0.3 is 24.1 Å². The van der Waals surface area contributed by atoms with Crippen molar-refractivity contribution >= 4 is 28.8 Å². The minimum absolute atomic E-state index is 0.0146. The summed E-state index contributed by atoms with van der Waals surface area (Å²) in [7, 11) is 2.70. The van der Waals surface area contributed by atoms with Crippen molar-refractivity contribution in [3.63, 3.8) is 0 Å². The van der Waals surface area contributed by atoms with Gasteiger partial charge in [0.25, 0.3) is 0 Å². The first kappa shape index (κ1) is 19.0. The summed E-state index contributed by atoms with van der Waals surface area (Å²) in [5.41, 5.74) is 0.422. The number of ether oxygens (including phenoxy) is 2. The van der Waals surface area contributed by atoms with Crippen molar-refractivity contribution in [3.8, 4) is 17.2 Å². The molecule has 0 aliphatic rings. The highest BCUT2D eigenvalue weighted by atomic mass is 16.5. The van der Waals surface area contributed by atoms with E-state index in [9.17, 15) is 14.7 Å². The number of carboxylic acids is 1. The average Bonchev–Trinajstić information content (AvgIpc) is 2.66. The summed E-state index contributed by atoms with van der Waals surface area (Å²) >= 11 is 0.